The quantitative estimate of drug-likeness (QED) is 0.600. The second kappa shape index (κ2) is 7.06. The van der Waals surface area contributed by atoms with Crippen LogP contribution < -0.4 is 0 Å². The van der Waals surface area contributed by atoms with E-state index in [1.807, 2.05) is 0 Å². The highest BCUT2D eigenvalue weighted by molar-refractivity contribution is 9.10. The lowest BCUT2D eigenvalue weighted by Crippen LogP contribution is -2.21. The van der Waals surface area contributed by atoms with Crippen LogP contribution in [0.5, 0.6) is 0 Å². The molecule has 0 N–H and O–H groups in total. The zero-order chi connectivity index (χ0) is 18.0. The van der Waals surface area contributed by atoms with E-state index in [2.05, 4.69) is 15.9 Å². The maximum absolute atomic E-state index is 13.7. The highest BCUT2D eigenvalue weighted by atomic mass is 79.9. The average molecular weight is 407 g/mol. The van der Waals surface area contributed by atoms with Crippen molar-refractivity contribution in [1.82, 2.24) is 0 Å². The number of rotatable bonds is 4. The molecule has 0 amide bonds. The van der Waals surface area contributed by atoms with Crippen LogP contribution in [0.25, 0.3) is 11.0 Å². The number of halogens is 2. The van der Waals surface area contributed by atoms with E-state index in [9.17, 15) is 14.0 Å². The number of furan rings is 1. The van der Waals surface area contributed by atoms with Gasteiger partial charge in [0.1, 0.15) is 0 Å². The van der Waals surface area contributed by atoms with Gasteiger partial charge in [0.05, 0.1) is 18.9 Å². The molecule has 1 atom stereocenters. The zero-order valence-electron chi connectivity index (χ0n) is 13.0. The van der Waals surface area contributed by atoms with Gasteiger partial charge in [-0.3, -0.25) is 0 Å². The molecule has 1 aromatic heterocycles. The summed E-state index contributed by atoms with van der Waals surface area (Å²) in [6.45, 7) is 0. The van der Waals surface area contributed by atoms with Crippen LogP contribution in [0.2, 0.25) is 0 Å². The predicted octanol–water partition coefficient (Wildman–Crippen LogP) is 4.41. The Morgan fingerprint density at radius 1 is 1.16 bits per heavy atom. The molecule has 0 fully saturated rings. The summed E-state index contributed by atoms with van der Waals surface area (Å²) in [6.07, 6.45) is 0.0101. The van der Waals surface area contributed by atoms with E-state index >= 15 is 0 Å². The molecule has 0 spiro atoms. The summed E-state index contributed by atoms with van der Waals surface area (Å²) >= 11 is 3.32. The molecule has 0 aliphatic heterocycles. The second-order valence-corrected chi connectivity index (χ2v) is 5.94. The van der Waals surface area contributed by atoms with Crippen molar-refractivity contribution in [1.29, 1.82) is 0 Å². The Hall–Kier alpha value is -2.67. The minimum Gasteiger partial charge on any atom is -0.466 e. The van der Waals surface area contributed by atoms with Gasteiger partial charge in [-0.1, -0.05) is 34.1 Å². The fourth-order valence-electron chi connectivity index (χ4n) is 2.41. The molecule has 0 aliphatic rings. The zero-order valence-corrected chi connectivity index (χ0v) is 14.6. The lowest BCUT2D eigenvalue weighted by atomic mass is 10.1. The molecule has 0 aliphatic carbocycles. The number of ether oxygens (including phenoxy) is 2. The van der Waals surface area contributed by atoms with Gasteiger partial charge in [-0.2, -0.15) is 0 Å². The molecule has 128 valence electrons. The smallest absolute Gasteiger partial charge is 0.352 e. The molecule has 1 unspecified atom stereocenters. The summed E-state index contributed by atoms with van der Waals surface area (Å²) in [4.78, 5) is 24.7. The summed E-state index contributed by atoms with van der Waals surface area (Å²) in [5, 5.41) is 0.265. The SMILES string of the molecule is COC(=O)C(OC(=O)c1ccc(F)c2occc12)c1ccccc1Br. The molecular weight excluding hydrogens is 395 g/mol. The normalized spacial score (nSPS) is 12.0. The maximum atomic E-state index is 13.7. The highest BCUT2D eigenvalue weighted by Crippen LogP contribution is 2.30. The molecule has 1 heterocycles. The van der Waals surface area contributed by atoms with Gasteiger partial charge in [-0.25, -0.2) is 14.0 Å². The molecule has 25 heavy (non-hydrogen) atoms. The first-order valence-corrected chi connectivity index (χ1v) is 8.01. The van der Waals surface area contributed by atoms with Crippen LogP contribution in [0.3, 0.4) is 0 Å². The third-order valence-electron chi connectivity index (χ3n) is 3.62. The Bertz CT molecular complexity index is 950. The van der Waals surface area contributed by atoms with Gasteiger partial charge < -0.3 is 13.9 Å². The first-order chi connectivity index (χ1) is 12.0. The fraction of sp³-hybridized carbons (Fsp3) is 0.111. The maximum Gasteiger partial charge on any atom is 0.352 e. The minimum absolute atomic E-state index is 0.0510. The van der Waals surface area contributed by atoms with Crippen LogP contribution in [0, 0.1) is 5.82 Å². The average Bonchev–Trinajstić information content (AvgIpc) is 3.10. The fourth-order valence-corrected chi connectivity index (χ4v) is 2.90. The highest BCUT2D eigenvalue weighted by Gasteiger charge is 2.29. The van der Waals surface area contributed by atoms with Gasteiger partial charge in [-0.15, -0.1) is 0 Å². The van der Waals surface area contributed by atoms with E-state index in [0.29, 0.717) is 10.0 Å². The van der Waals surface area contributed by atoms with Gasteiger partial charge in [0, 0.05) is 15.4 Å². The van der Waals surface area contributed by atoms with E-state index in [-0.39, 0.29) is 16.5 Å². The third-order valence-corrected chi connectivity index (χ3v) is 4.34. The van der Waals surface area contributed by atoms with Crippen molar-refractivity contribution in [2.24, 2.45) is 0 Å². The van der Waals surface area contributed by atoms with Crippen molar-refractivity contribution in [2.45, 2.75) is 6.10 Å². The summed E-state index contributed by atoms with van der Waals surface area (Å²) in [7, 11) is 1.20. The van der Waals surface area contributed by atoms with Gasteiger partial charge in [0.15, 0.2) is 11.4 Å². The Labute approximate surface area is 150 Å². The second-order valence-electron chi connectivity index (χ2n) is 5.09. The van der Waals surface area contributed by atoms with Gasteiger partial charge in [0.25, 0.3) is 0 Å². The molecule has 0 saturated heterocycles. The van der Waals surface area contributed by atoms with E-state index in [0.717, 1.165) is 6.07 Å². The number of methoxy groups -OCH3 is 1. The first-order valence-electron chi connectivity index (χ1n) is 7.22. The van der Waals surface area contributed by atoms with E-state index in [1.165, 1.54) is 25.5 Å². The van der Waals surface area contributed by atoms with E-state index in [1.54, 1.807) is 24.3 Å². The Balaban J connectivity index is 1.98. The van der Waals surface area contributed by atoms with Crippen LogP contribution >= 0.6 is 15.9 Å². The van der Waals surface area contributed by atoms with Crippen molar-refractivity contribution < 1.29 is 27.9 Å². The number of fused-ring (bicyclic) bond motifs is 1. The molecule has 3 rings (SSSR count). The first kappa shape index (κ1) is 17.2. The summed E-state index contributed by atoms with van der Waals surface area (Å²) in [5.74, 6) is -2.12. The molecule has 3 aromatic rings. The topological polar surface area (TPSA) is 65.7 Å². The van der Waals surface area contributed by atoms with E-state index < -0.39 is 23.9 Å². The summed E-state index contributed by atoms with van der Waals surface area (Å²) < 4.78 is 29.4. The van der Waals surface area contributed by atoms with Crippen LogP contribution in [-0.2, 0) is 14.3 Å². The minimum atomic E-state index is -1.26. The van der Waals surface area contributed by atoms with Crippen molar-refractivity contribution in [3.05, 3.63) is 70.1 Å². The molecule has 2 aromatic carbocycles. The van der Waals surface area contributed by atoms with E-state index in [4.69, 9.17) is 13.9 Å². The molecule has 5 nitrogen and oxygen atoms in total. The van der Waals surface area contributed by atoms with Crippen LogP contribution in [0.1, 0.15) is 22.0 Å². The third kappa shape index (κ3) is 3.28. The molecule has 0 bridgehead atoms. The number of esters is 2. The summed E-state index contributed by atoms with van der Waals surface area (Å²) in [6, 6.07) is 10.7. The Kier molecular flexibility index (Phi) is 4.85. The van der Waals surface area contributed by atoms with Crippen molar-refractivity contribution in [3.8, 4) is 0 Å². The number of hydrogen-bond acceptors (Lipinski definition) is 5. The molecule has 7 heteroatoms. The van der Waals surface area contributed by atoms with Gasteiger partial charge in [-0.05, 0) is 24.3 Å². The Morgan fingerprint density at radius 2 is 1.92 bits per heavy atom. The monoisotopic (exact) mass is 406 g/mol. The van der Waals surface area contributed by atoms with Crippen LogP contribution in [0.15, 0.2) is 57.6 Å². The molecular formula is C18H12BrFO5. The van der Waals surface area contributed by atoms with Gasteiger partial charge in [0.2, 0.25) is 6.10 Å². The van der Waals surface area contributed by atoms with Crippen molar-refractivity contribution >= 4 is 38.8 Å². The van der Waals surface area contributed by atoms with Gasteiger partial charge >= 0.3 is 11.9 Å². The lowest BCUT2D eigenvalue weighted by Gasteiger charge is -2.17. The standard InChI is InChI=1S/C18H12BrFO5/c1-23-18(22)16(12-4-2-3-5-13(12)19)25-17(21)11-6-7-14(20)15-10(11)8-9-24-15/h2-9,16H,1H3. The lowest BCUT2D eigenvalue weighted by molar-refractivity contribution is -0.151. The number of carbonyl (C=O) groups is 2. The largest absolute Gasteiger partial charge is 0.466 e. The Morgan fingerprint density at radius 3 is 2.64 bits per heavy atom. The predicted molar refractivity (Wildman–Crippen MR) is 90.5 cm³/mol. The van der Waals surface area contributed by atoms with Crippen LogP contribution in [-0.4, -0.2) is 19.0 Å². The van der Waals surface area contributed by atoms with Crippen LogP contribution in [0.4, 0.5) is 4.39 Å². The number of carbonyl (C=O) groups excluding carboxylic acids is 2. The number of benzene rings is 2. The van der Waals surface area contributed by atoms with Crippen molar-refractivity contribution in [3.63, 3.8) is 0 Å². The molecule has 0 radical (unpaired) electrons. The summed E-state index contributed by atoms with van der Waals surface area (Å²) in [5.41, 5.74) is 0.476. The van der Waals surface area contributed by atoms with Crippen molar-refractivity contribution in [2.75, 3.05) is 7.11 Å². The molecule has 0 saturated carbocycles. The number of hydrogen-bond donors (Lipinski definition) is 0.